The van der Waals surface area contributed by atoms with Gasteiger partial charge in [0.05, 0.1) is 48.4 Å². The van der Waals surface area contributed by atoms with E-state index in [1.54, 1.807) is 43.1 Å². The van der Waals surface area contributed by atoms with Gasteiger partial charge < -0.3 is 14.8 Å². The van der Waals surface area contributed by atoms with Crippen LogP contribution < -0.4 is 10.1 Å². The van der Waals surface area contributed by atoms with Crippen molar-refractivity contribution in [2.45, 2.75) is 26.4 Å². The standard InChI is InChI=1S/C32H31Cl2N5O4/c1-4-43-29(40)19-38-17-22(15-21-8-11-24(42-3)12-9-21)31-25(18-38)30(32(41)36-20(2)27-7-5-6-14-35-27)37-39(31)28-13-10-23(33)16-26(28)34/h5-16,20H,4,17-19H2,1-3H3,(H,36,41)/b22-15+. The average molecular weight is 621 g/mol. The summed E-state index contributed by atoms with van der Waals surface area (Å²) in [6, 6.07) is 17.9. The molecule has 0 fully saturated rings. The second-order valence-electron chi connectivity index (χ2n) is 10.0. The molecule has 2 aromatic carbocycles. The van der Waals surface area contributed by atoms with E-state index in [1.165, 1.54) is 0 Å². The van der Waals surface area contributed by atoms with Crippen molar-refractivity contribution < 1.29 is 19.1 Å². The Bertz CT molecular complexity index is 1650. The Kier molecular flexibility index (Phi) is 9.45. The molecule has 1 amide bonds. The molecule has 3 heterocycles. The molecule has 0 bridgehead atoms. The minimum atomic E-state index is -0.375. The number of hydrogen-bond acceptors (Lipinski definition) is 7. The van der Waals surface area contributed by atoms with Gasteiger partial charge in [-0.25, -0.2) is 4.68 Å². The third kappa shape index (κ3) is 6.91. The molecule has 0 saturated carbocycles. The summed E-state index contributed by atoms with van der Waals surface area (Å²) >= 11 is 12.9. The average Bonchev–Trinajstić information content (AvgIpc) is 3.37. The number of amides is 1. The van der Waals surface area contributed by atoms with Crippen molar-refractivity contribution in [3.05, 3.63) is 105 Å². The molecule has 11 heteroatoms. The third-order valence-corrected chi connectivity index (χ3v) is 7.55. The highest BCUT2D eigenvalue weighted by Crippen LogP contribution is 2.36. The maximum Gasteiger partial charge on any atom is 0.320 e. The fourth-order valence-corrected chi connectivity index (χ4v) is 5.51. The summed E-state index contributed by atoms with van der Waals surface area (Å²) in [6.45, 7) is 4.65. The Morgan fingerprint density at radius 3 is 2.56 bits per heavy atom. The molecule has 1 N–H and O–H groups in total. The first-order valence-electron chi connectivity index (χ1n) is 13.8. The van der Waals surface area contributed by atoms with E-state index in [4.69, 9.17) is 37.8 Å². The van der Waals surface area contributed by atoms with E-state index in [0.29, 0.717) is 40.1 Å². The van der Waals surface area contributed by atoms with Gasteiger partial charge in [0.25, 0.3) is 5.91 Å². The maximum atomic E-state index is 13.8. The quantitative estimate of drug-likeness (QED) is 0.230. The number of halogens is 2. The van der Waals surface area contributed by atoms with Crippen LogP contribution in [0.2, 0.25) is 10.0 Å². The van der Waals surface area contributed by atoms with Gasteiger partial charge >= 0.3 is 5.97 Å². The van der Waals surface area contributed by atoms with Crippen LogP contribution in [0.1, 0.15) is 52.9 Å². The van der Waals surface area contributed by atoms with Crippen LogP contribution in [0.3, 0.4) is 0 Å². The SMILES string of the molecule is CCOC(=O)CN1C/C(=C\c2ccc(OC)cc2)c2c(c(C(=O)NC(C)c3ccccn3)nn2-c2ccc(Cl)cc2Cl)C1. The minimum Gasteiger partial charge on any atom is -0.497 e. The molecule has 2 aromatic heterocycles. The number of benzene rings is 2. The topological polar surface area (TPSA) is 98.6 Å². The lowest BCUT2D eigenvalue weighted by Crippen LogP contribution is -2.36. The molecule has 5 rings (SSSR count). The predicted octanol–water partition coefficient (Wildman–Crippen LogP) is 5.99. The number of methoxy groups -OCH3 is 1. The van der Waals surface area contributed by atoms with E-state index in [1.807, 2.05) is 60.4 Å². The molecule has 1 unspecified atom stereocenters. The van der Waals surface area contributed by atoms with Crippen LogP contribution in [0.5, 0.6) is 5.75 Å². The third-order valence-electron chi connectivity index (χ3n) is 7.01. The van der Waals surface area contributed by atoms with Crippen LogP contribution in [0, 0.1) is 0 Å². The Hall–Kier alpha value is -4.18. The Balaban J connectivity index is 1.65. The number of ether oxygens (including phenoxy) is 2. The highest BCUT2D eigenvalue weighted by atomic mass is 35.5. The molecule has 1 aliphatic rings. The number of esters is 1. The summed E-state index contributed by atoms with van der Waals surface area (Å²) in [6.07, 6.45) is 3.69. The van der Waals surface area contributed by atoms with Crippen LogP contribution in [0.15, 0.2) is 66.9 Å². The number of rotatable bonds is 9. The molecule has 0 aliphatic carbocycles. The Morgan fingerprint density at radius 2 is 1.88 bits per heavy atom. The first-order chi connectivity index (χ1) is 20.8. The molecule has 0 radical (unpaired) electrons. The maximum absolute atomic E-state index is 13.8. The van der Waals surface area contributed by atoms with Crippen LogP contribution in [0.4, 0.5) is 0 Å². The van der Waals surface area contributed by atoms with E-state index in [0.717, 1.165) is 22.6 Å². The number of carbonyl (C=O) groups excluding carboxylic acids is 2. The lowest BCUT2D eigenvalue weighted by Gasteiger charge is -2.29. The van der Waals surface area contributed by atoms with Crippen LogP contribution in [-0.4, -0.2) is 58.3 Å². The predicted molar refractivity (Wildman–Crippen MR) is 166 cm³/mol. The van der Waals surface area contributed by atoms with E-state index in [9.17, 15) is 9.59 Å². The zero-order chi connectivity index (χ0) is 30.5. The molecule has 222 valence electrons. The number of carbonyl (C=O) groups is 2. The van der Waals surface area contributed by atoms with E-state index in [2.05, 4.69) is 10.3 Å². The highest BCUT2D eigenvalue weighted by Gasteiger charge is 2.33. The van der Waals surface area contributed by atoms with Gasteiger partial charge in [-0.1, -0.05) is 41.4 Å². The number of nitrogens with one attached hydrogen (secondary N) is 1. The number of aromatic nitrogens is 3. The largest absolute Gasteiger partial charge is 0.497 e. The van der Waals surface area contributed by atoms with Gasteiger partial charge in [-0.05, 0) is 73.5 Å². The summed E-state index contributed by atoms with van der Waals surface area (Å²) < 4.78 is 12.3. The van der Waals surface area contributed by atoms with Gasteiger partial charge in [0.1, 0.15) is 5.75 Å². The van der Waals surface area contributed by atoms with Crippen molar-refractivity contribution in [3.63, 3.8) is 0 Å². The van der Waals surface area contributed by atoms with E-state index >= 15 is 0 Å². The molecule has 1 atom stereocenters. The highest BCUT2D eigenvalue weighted by molar-refractivity contribution is 6.35. The fraction of sp³-hybridized carbons (Fsp3) is 0.250. The normalized spacial score (nSPS) is 14.7. The number of fused-ring (bicyclic) bond motifs is 1. The summed E-state index contributed by atoms with van der Waals surface area (Å²) in [7, 11) is 1.61. The zero-order valence-electron chi connectivity index (χ0n) is 24.0. The number of hydrogen-bond donors (Lipinski definition) is 1. The summed E-state index contributed by atoms with van der Waals surface area (Å²) in [4.78, 5) is 32.7. The van der Waals surface area contributed by atoms with Crippen molar-refractivity contribution in [2.24, 2.45) is 0 Å². The van der Waals surface area contributed by atoms with Crippen LogP contribution >= 0.6 is 23.2 Å². The smallest absolute Gasteiger partial charge is 0.320 e. The fourth-order valence-electron chi connectivity index (χ4n) is 5.02. The summed E-state index contributed by atoms with van der Waals surface area (Å²) in [5.74, 6) is 0.00655. The molecule has 1 aliphatic heterocycles. The lowest BCUT2D eigenvalue weighted by molar-refractivity contribution is -0.144. The summed E-state index contributed by atoms with van der Waals surface area (Å²) in [5.41, 5.74) is 4.63. The van der Waals surface area contributed by atoms with Gasteiger partial charge in [0, 0.05) is 29.9 Å². The molecule has 4 aromatic rings. The van der Waals surface area contributed by atoms with Crippen molar-refractivity contribution >= 4 is 46.7 Å². The van der Waals surface area contributed by atoms with E-state index < -0.39 is 0 Å². The number of nitrogens with zero attached hydrogens (tertiary/aromatic N) is 4. The molecule has 9 nitrogen and oxygen atoms in total. The Labute approximate surface area is 260 Å². The molecule has 43 heavy (non-hydrogen) atoms. The summed E-state index contributed by atoms with van der Waals surface area (Å²) in [5, 5.41) is 8.71. The second-order valence-corrected chi connectivity index (χ2v) is 10.9. The van der Waals surface area contributed by atoms with Gasteiger partial charge in [-0.2, -0.15) is 5.10 Å². The van der Waals surface area contributed by atoms with Crippen molar-refractivity contribution in [1.82, 2.24) is 25.0 Å². The second kappa shape index (κ2) is 13.4. The van der Waals surface area contributed by atoms with Gasteiger partial charge in [-0.3, -0.25) is 19.5 Å². The monoisotopic (exact) mass is 619 g/mol. The van der Waals surface area contributed by atoms with E-state index in [-0.39, 0.29) is 36.8 Å². The van der Waals surface area contributed by atoms with Gasteiger partial charge in [-0.15, -0.1) is 0 Å². The lowest BCUT2D eigenvalue weighted by atomic mass is 9.97. The molecular formula is C32H31Cl2N5O4. The van der Waals surface area contributed by atoms with Crippen molar-refractivity contribution in [3.8, 4) is 11.4 Å². The Morgan fingerprint density at radius 1 is 1.09 bits per heavy atom. The van der Waals surface area contributed by atoms with Crippen LogP contribution in [-0.2, 0) is 16.1 Å². The zero-order valence-corrected chi connectivity index (χ0v) is 25.5. The van der Waals surface area contributed by atoms with Crippen LogP contribution in [0.25, 0.3) is 17.3 Å². The molecular weight excluding hydrogens is 589 g/mol. The van der Waals surface area contributed by atoms with Gasteiger partial charge in [0.2, 0.25) is 0 Å². The first kappa shape index (κ1) is 30.3. The first-order valence-corrected chi connectivity index (χ1v) is 14.5. The molecule has 0 saturated heterocycles. The van der Waals surface area contributed by atoms with Crippen molar-refractivity contribution in [2.75, 3.05) is 26.8 Å². The van der Waals surface area contributed by atoms with Gasteiger partial charge in [0.15, 0.2) is 5.69 Å². The minimum absolute atomic E-state index is 0.0471. The number of pyridine rings is 1. The molecule has 0 spiro atoms. The van der Waals surface area contributed by atoms with Crippen molar-refractivity contribution in [1.29, 1.82) is 0 Å².